The number of hydrogen-bond acceptors (Lipinski definition) is 4. The van der Waals surface area contributed by atoms with Gasteiger partial charge in [-0.2, -0.15) is 0 Å². The minimum atomic E-state index is -3.33. The van der Waals surface area contributed by atoms with Gasteiger partial charge in [0.1, 0.15) is 5.75 Å². The maximum atomic E-state index is 12.9. The van der Waals surface area contributed by atoms with E-state index in [0.29, 0.717) is 37.6 Å². The highest BCUT2D eigenvalue weighted by atomic mass is 32.2. The molecule has 0 saturated carbocycles. The number of nitrogens with zero attached hydrogens (tertiary/aromatic N) is 1. The van der Waals surface area contributed by atoms with Crippen molar-refractivity contribution >= 4 is 15.7 Å². The van der Waals surface area contributed by atoms with Crippen LogP contribution in [-0.4, -0.2) is 39.9 Å². The Hall–Kier alpha value is -1.27. The van der Waals surface area contributed by atoms with Gasteiger partial charge in [0.05, 0.1) is 17.5 Å². The van der Waals surface area contributed by atoms with Crippen molar-refractivity contribution in [1.29, 1.82) is 0 Å². The quantitative estimate of drug-likeness (QED) is 0.895. The van der Waals surface area contributed by atoms with E-state index in [-0.39, 0.29) is 5.25 Å². The molecule has 2 aliphatic heterocycles. The molecule has 20 heavy (non-hydrogen) atoms. The van der Waals surface area contributed by atoms with Crippen molar-refractivity contribution in [3.05, 3.63) is 24.3 Å². The second-order valence-electron chi connectivity index (χ2n) is 5.26. The van der Waals surface area contributed by atoms with E-state index in [2.05, 4.69) is 5.32 Å². The Morgan fingerprint density at radius 2 is 2.10 bits per heavy atom. The molecule has 1 saturated heterocycles. The van der Waals surface area contributed by atoms with Gasteiger partial charge in [0, 0.05) is 19.5 Å². The summed E-state index contributed by atoms with van der Waals surface area (Å²) in [5.74, 6) is 0.664. The first kappa shape index (κ1) is 13.7. The van der Waals surface area contributed by atoms with Crippen molar-refractivity contribution in [1.82, 2.24) is 5.32 Å². The van der Waals surface area contributed by atoms with E-state index in [4.69, 9.17) is 4.74 Å². The van der Waals surface area contributed by atoms with Crippen LogP contribution in [0.25, 0.3) is 0 Å². The third kappa shape index (κ3) is 2.50. The van der Waals surface area contributed by atoms with Crippen LogP contribution < -0.4 is 14.4 Å². The molecule has 0 bridgehead atoms. The zero-order valence-corrected chi connectivity index (χ0v) is 12.2. The summed E-state index contributed by atoms with van der Waals surface area (Å²) < 4.78 is 33.0. The van der Waals surface area contributed by atoms with Crippen molar-refractivity contribution in [2.45, 2.75) is 24.5 Å². The van der Waals surface area contributed by atoms with Crippen LogP contribution in [-0.2, 0) is 10.0 Å². The van der Waals surface area contributed by atoms with Gasteiger partial charge >= 0.3 is 0 Å². The van der Waals surface area contributed by atoms with E-state index in [9.17, 15) is 8.42 Å². The zero-order chi connectivity index (χ0) is 14.0. The lowest BCUT2D eigenvalue weighted by atomic mass is 10.2. The van der Waals surface area contributed by atoms with Gasteiger partial charge in [-0.15, -0.1) is 0 Å². The van der Waals surface area contributed by atoms with Crippen molar-refractivity contribution in [3.63, 3.8) is 0 Å². The van der Waals surface area contributed by atoms with E-state index < -0.39 is 10.0 Å². The molecule has 0 spiro atoms. The highest BCUT2D eigenvalue weighted by molar-refractivity contribution is 7.93. The van der Waals surface area contributed by atoms with Crippen molar-refractivity contribution in [2.24, 2.45) is 0 Å². The van der Waals surface area contributed by atoms with Crippen LogP contribution in [0.2, 0.25) is 0 Å². The molecular weight excluding hydrogens is 276 g/mol. The highest BCUT2D eigenvalue weighted by Gasteiger charge is 2.35. The predicted octanol–water partition coefficient (Wildman–Crippen LogP) is 1.36. The molecule has 0 aromatic heterocycles. The Kier molecular flexibility index (Phi) is 3.85. The zero-order valence-electron chi connectivity index (χ0n) is 11.4. The standard InChI is InChI=1S/C14H20N2O3S/c17-20(18,12-5-3-8-15-11-12)16-9-4-10-19-14-7-2-1-6-13(14)16/h1-2,6-7,12,15H,3-5,8-11H2. The number of sulfonamides is 1. The fourth-order valence-corrected chi connectivity index (χ4v) is 4.78. The number of anilines is 1. The molecule has 1 unspecified atom stereocenters. The number of nitrogens with one attached hydrogen (secondary N) is 1. The summed E-state index contributed by atoms with van der Waals surface area (Å²) in [7, 11) is -3.33. The summed E-state index contributed by atoms with van der Waals surface area (Å²) in [4.78, 5) is 0. The van der Waals surface area contributed by atoms with Crippen LogP contribution in [0.5, 0.6) is 5.75 Å². The van der Waals surface area contributed by atoms with Gasteiger partial charge in [0.2, 0.25) is 10.0 Å². The monoisotopic (exact) mass is 296 g/mol. The van der Waals surface area contributed by atoms with Gasteiger partial charge in [0.15, 0.2) is 0 Å². The average molecular weight is 296 g/mol. The molecule has 2 heterocycles. The summed E-state index contributed by atoms with van der Waals surface area (Å²) >= 11 is 0. The minimum Gasteiger partial charge on any atom is -0.491 e. The van der Waals surface area contributed by atoms with Crippen molar-refractivity contribution < 1.29 is 13.2 Å². The number of hydrogen-bond donors (Lipinski definition) is 1. The predicted molar refractivity (Wildman–Crippen MR) is 78.7 cm³/mol. The molecule has 1 fully saturated rings. The van der Waals surface area contributed by atoms with Gasteiger partial charge in [-0.25, -0.2) is 8.42 Å². The largest absolute Gasteiger partial charge is 0.491 e. The first-order chi connectivity index (χ1) is 9.69. The van der Waals surface area contributed by atoms with Gasteiger partial charge in [-0.05, 0) is 31.5 Å². The molecule has 110 valence electrons. The Balaban J connectivity index is 1.96. The van der Waals surface area contributed by atoms with Crippen LogP contribution in [0.1, 0.15) is 19.3 Å². The second kappa shape index (κ2) is 5.61. The van der Waals surface area contributed by atoms with Crippen LogP contribution >= 0.6 is 0 Å². The Bertz CT molecular complexity index is 568. The topological polar surface area (TPSA) is 58.6 Å². The fourth-order valence-electron chi connectivity index (χ4n) is 2.81. The molecule has 1 atom stereocenters. The van der Waals surface area contributed by atoms with Crippen molar-refractivity contribution in [3.8, 4) is 5.75 Å². The molecule has 6 heteroatoms. The van der Waals surface area contributed by atoms with Crippen LogP contribution in [0.4, 0.5) is 5.69 Å². The molecular formula is C14H20N2O3S. The smallest absolute Gasteiger partial charge is 0.239 e. The van der Waals surface area contributed by atoms with Crippen LogP contribution in [0.15, 0.2) is 24.3 Å². The number of benzene rings is 1. The maximum absolute atomic E-state index is 12.9. The van der Waals surface area contributed by atoms with E-state index >= 15 is 0 Å². The normalized spacial score (nSPS) is 23.6. The third-order valence-corrected chi connectivity index (χ3v) is 6.12. The summed E-state index contributed by atoms with van der Waals surface area (Å²) in [6.07, 6.45) is 2.36. The van der Waals surface area contributed by atoms with E-state index in [1.807, 2.05) is 24.3 Å². The minimum absolute atomic E-state index is 0.331. The molecule has 0 radical (unpaired) electrons. The summed E-state index contributed by atoms with van der Waals surface area (Å²) in [5.41, 5.74) is 0.676. The Labute approximate surface area is 120 Å². The Morgan fingerprint density at radius 1 is 1.25 bits per heavy atom. The lowest BCUT2D eigenvalue weighted by molar-refractivity contribution is 0.322. The fraction of sp³-hybridized carbons (Fsp3) is 0.571. The number of fused-ring (bicyclic) bond motifs is 1. The molecule has 5 nitrogen and oxygen atoms in total. The third-order valence-electron chi connectivity index (χ3n) is 3.88. The molecule has 1 N–H and O–H groups in total. The van der Waals surface area contributed by atoms with Crippen LogP contribution in [0, 0.1) is 0 Å². The lowest BCUT2D eigenvalue weighted by Gasteiger charge is -2.30. The van der Waals surface area contributed by atoms with E-state index in [1.165, 1.54) is 0 Å². The molecule has 1 aromatic rings. The maximum Gasteiger partial charge on any atom is 0.239 e. The first-order valence-electron chi connectivity index (χ1n) is 7.14. The highest BCUT2D eigenvalue weighted by Crippen LogP contribution is 2.34. The van der Waals surface area contributed by atoms with E-state index in [1.54, 1.807) is 4.31 Å². The van der Waals surface area contributed by atoms with E-state index in [0.717, 1.165) is 19.4 Å². The molecule has 0 amide bonds. The molecule has 3 rings (SSSR count). The summed E-state index contributed by atoms with van der Waals surface area (Å²) in [6, 6.07) is 7.39. The van der Waals surface area contributed by atoms with Crippen LogP contribution in [0.3, 0.4) is 0 Å². The van der Waals surface area contributed by atoms with Gasteiger partial charge in [-0.3, -0.25) is 4.31 Å². The number of rotatable bonds is 2. The van der Waals surface area contributed by atoms with Gasteiger partial charge in [-0.1, -0.05) is 12.1 Å². The lowest BCUT2D eigenvalue weighted by Crippen LogP contribution is -2.46. The number of ether oxygens (including phenoxy) is 1. The second-order valence-corrected chi connectivity index (χ2v) is 7.39. The van der Waals surface area contributed by atoms with Crippen molar-refractivity contribution in [2.75, 3.05) is 30.5 Å². The SMILES string of the molecule is O=S(=O)(C1CCCNC1)N1CCCOc2ccccc21. The molecule has 1 aromatic carbocycles. The summed E-state index contributed by atoms with van der Waals surface area (Å²) in [6.45, 7) is 2.51. The number of piperidine rings is 1. The van der Waals surface area contributed by atoms with Gasteiger partial charge in [0.25, 0.3) is 0 Å². The van der Waals surface area contributed by atoms with Gasteiger partial charge < -0.3 is 10.1 Å². The summed E-state index contributed by atoms with van der Waals surface area (Å²) in [5, 5.41) is 2.85. The number of para-hydroxylation sites is 2. The average Bonchev–Trinajstić information content (AvgIpc) is 2.71. The Morgan fingerprint density at radius 3 is 2.90 bits per heavy atom. The first-order valence-corrected chi connectivity index (χ1v) is 8.64. The molecule has 2 aliphatic rings. The molecule has 0 aliphatic carbocycles.